The number of hydrogen-bond acceptors (Lipinski definition) is 1. The van der Waals surface area contributed by atoms with Gasteiger partial charge in [-0.25, -0.2) is 4.39 Å². The molecule has 1 atom stereocenters. The van der Waals surface area contributed by atoms with E-state index in [1.165, 1.54) is 6.07 Å². The van der Waals surface area contributed by atoms with Crippen LogP contribution in [-0.4, -0.2) is 0 Å². The molecule has 0 aliphatic carbocycles. The van der Waals surface area contributed by atoms with Gasteiger partial charge in [-0.3, -0.25) is 0 Å². The molecular weight excluding hydrogens is 177 g/mol. The third kappa shape index (κ3) is 2.55. The summed E-state index contributed by atoms with van der Waals surface area (Å²) < 4.78 is 13.5. The second-order valence-corrected chi connectivity index (χ2v) is 4.21. The van der Waals surface area contributed by atoms with Gasteiger partial charge in [0.05, 0.1) is 0 Å². The molecule has 0 radical (unpaired) electrons. The van der Waals surface area contributed by atoms with Gasteiger partial charge in [0.1, 0.15) is 5.82 Å². The lowest BCUT2D eigenvalue weighted by Gasteiger charge is -2.17. The highest BCUT2D eigenvalue weighted by atomic mass is 19.1. The predicted octanol–water partition coefficient (Wildman–Crippen LogP) is 3.18. The molecule has 0 amide bonds. The van der Waals surface area contributed by atoms with Crippen LogP contribution in [0.4, 0.5) is 4.39 Å². The highest BCUT2D eigenvalue weighted by molar-refractivity contribution is 5.30. The highest BCUT2D eigenvalue weighted by Gasteiger charge is 2.14. The molecule has 0 saturated carbocycles. The Labute approximate surface area is 85.1 Å². The van der Waals surface area contributed by atoms with E-state index in [9.17, 15) is 4.39 Å². The standard InChI is InChI=1S/C12H18FN/c1-8(2)7-11(14)12-9(3)5-4-6-10(12)13/h4-6,8,11H,7,14H2,1-3H3. The molecule has 2 N–H and O–H groups in total. The normalized spacial score (nSPS) is 13.3. The van der Waals surface area contributed by atoms with E-state index in [4.69, 9.17) is 5.73 Å². The van der Waals surface area contributed by atoms with Crippen molar-refractivity contribution >= 4 is 0 Å². The Morgan fingerprint density at radius 1 is 1.36 bits per heavy atom. The number of aryl methyl sites for hydroxylation is 1. The molecule has 0 spiro atoms. The van der Waals surface area contributed by atoms with Crippen LogP contribution in [0.15, 0.2) is 18.2 Å². The molecule has 0 saturated heterocycles. The van der Waals surface area contributed by atoms with Crippen molar-refractivity contribution in [3.8, 4) is 0 Å². The molecule has 1 aromatic rings. The van der Waals surface area contributed by atoms with Gasteiger partial charge in [-0.2, -0.15) is 0 Å². The molecule has 1 rings (SSSR count). The van der Waals surface area contributed by atoms with Crippen LogP contribution >= 0.6 is 0 Å². The molecule has 0 aliphatic rings. The molecule has 0 fully saturated rings. The zero-order valence-electron chi connectivity index (χ0n) is 9.05. The number of hydrogen-bond donors (Lipinski definition) is 1. The molecule has 1 nitrogen and oxygen atoms in total. The lowest BCUT2D eigenvalue weighted by atomic mass is 9.94. The van der Waals surface area contributed by atoms with E-state index in [0.717, 1.165) is 12.0 Å². The summed E-state index contributed by atoms with van der Waals surface area (Å²) in [5.74, 6) is 0.308. The van der Waals surface area contributed by atoms with Gasteiger partial charge >= 0.3 is 0 Å². The summed E-state index contributed by atoms with van der Waals surface area (Å²) >= 11 is 0. The minimum atomic E-state index is -0.184. The Balaban J connectivity index is 2.94. The average molecular weight is 195 g/mol. The molecule has 0 aliphatic heterocycles. The van der Waals surface area contributed by atoms with E-state index in [1.54, 1.807) is 6.07 Å². The Morgan fingerprint density at radius 3 is 2.50 bits per heavy atom. The summed E-state index contributed by atoms with van der Waals surface area (Å²) in [6.07, 6.45) is 0.821. The highest BCUT2D eigenvalue weighted by Crippen LogP contribution is 2.24. The first kappa shape index (κ1) is 11.2. The molecule has 2 heteroatoms. The largest absolute Gasteiger partial charge is 0.324 e. The maximum atomic E-state index is 13.5. The second-order valence-electron chi connectivity index (χ2n) is 4.21. The summed E-state index contributed by atoms with van der Waals surface area (Å²) in [5, 5.41) is 0. The Hall–Kier alpha value is -0.890. The fourth-order valence-electron chi connectivity index (χ4n) is 1.74. The van der Waals surface area contributed by atoms with Crippen LogP contribution in [0.2, 0.25) is 0 Å². The fourth-order valence-corrected chi connectivity index (χ4v) is 1.74. The molecular formula is C12H18FN. The zero-order chi connectivity index (χ0) is 10.7. The average Bonchev–Trinajstić information content (AvgIpc) is 2.01. The van der Waals surface area contributed by atoms with Crippen LogP contribution < -0.4 is 5.73 Å². The van der Waals surface area contributed by atoms with Crippen LogP contribution in [0.5, 0.6) is 0 Å². The van der Waals surface area contributed by atoms with Crippen LogP contribution in [-0.2, 0) is 0 Å². The zero-order valence-corrected chi connectivity index (χ0v) is 9.05. The Morgan fingerprint density at radius 2 is 2.00 bits per heavy atom. The van der Waals surface area contributed by atoms with Gasteiger partial charge in [-0.1, -0.05) is 26.0 Å². The molecule has 1 aromatic carbocycles. The quantitative estimate of drug-likeness (QED) is 0.787. The van der Waals surface area contributed by atoms with E-state index < -0.39 is 0 Å². The van der Waals surface area contributed by atoms with Crippen LogP contribution in [0, 0.1) is 18.7 Å². The van der Waals surface area contributed by atoms with Crippen molar-refractivity contribution in [2.75, 3.05) is 0 Å². The van der Waals surface area contributed by atoms with E-state index in [1.807, 2.05) is 13.0 Å². The lowest BCUT2D eigenvalue weighted by Crippen LogP contribution is -2.15. The predicted molar refractivity (Wildman–Crippen MR) is 57.5 cm³/mol. The third-order valence-corrected chi connectivity index (χ3v) is 2.37. The maximum Gasteiger partial charge on any atom is 0.128 e. The Bertz CT molecular complexity index is 287. The SMILES string of the molecule is Cc1cccc(F)c1C(N)CC(C)C. The van der Waals surface area contributed by atoms with E-state index in [0.29, 0.717) is 11.5 Å². The maximum absolute atomic E-state index is 13.5. The van der Waals surface area contributed by atoms with Crippen molar-refractivity contribution in [2.45, 2.75) is 33.2 Å². The van der Waals surface area contributed by atoms with Gasteiger partial charge in [-0.05, 0) is 30.9 Å². The first-order chi connectivity index (χ1) is 6.52. The molecule has 14 heavy (non-hydrogen) atoms. The van der Waals surface area contributed by atoms with Crippen molar-refractivity contribution in [1.29, 1.82) is 0 Å². The molecule has 0 aromatic heterocycles. The van der Waals surface area contributed by atoms with Crippen LogP contribution in [0.1, 0.15) is 37.4 Å². The minimum Gasteiger partial charge on any atom is -0.324 e. The van der Waals surface area contributed by atoms with Crippen molar-refractivity contribution in [2.24, 2.45) is 11.7 Å². The van der Waals surface area contributed by atoms with Gasteiger partial charge in [0, 0.05) is 11.6 Å². The van der Waals surface area contributed by atoms with Gasteiger partial charge in [0.2, 0.25) is 0 Å². The smallest absolute Gasteiger partial charge is 0.128 e. The first-order valence-corrected chi connectivity index (χ1v) is 5.03. The van der Waals surface area contributed by atoms with Crippen LogP contribution in [0.25, 0.3) is 0 Å². The summed E-state index contributed by atoms with van der Waals surface area (Å²) in [4.78, 5) is 0. The van der Waals surface area contributed by atoms with Crippen LogP contribution in [0.3, 0.4) is 0 Å². The molecule has 0 heterocycles. The van der Waals surface area contributed by atoms with Crippen molar-refractivity contribution < 1.29 is 4.39 Å². The topological polar surface area (TPSA) is 26.0 Å². The number of benzene rings is 1. The van der Waals surface area contributed by atoms with Gasteiger partial charge in [0.15, 0.2) is 0 Å². The van der Waals surface area contributed by atoms with Crippen molar-refractivity contribution in [3.05, 3.63) is 35.1 Å². The van der Waals surface area contributed by atoms with Gasteiger partial charge in [0.25, 0.3) is 0 Å². The monoisotopic (exact) mass is 195 g/mol. The van der Waals surface area contributed by atoms with E-state index in [2.05, 4.69) is 13.8 Å². The molecule has 1 unspecified atom stereocenters. The fraction of sp³-hybridized carbons (Fsp3) is 0.500. The second kappa shape index (κ2) is 4.56. The van der Waals surface area contributed by atoms with Gasteiger partial charge < -0.3 is 5.73 Å². The van der Waals surface area contributed by atoms with Gasteiger partial charge in [-0.15, -0.1) is 0 Å². The molecule has 78 valence electrons. The molecule has 0 bridgehead atoms. The minimum absolute atomic E-state index is 0.182. The summed E-state index contributed by atoms with van der Waals surface area (Å²) in [5.41, 5.74) is 7.57. The van der Waals surface area contributed by atoms with E-state index in [-0.39, 0.29) is 11.9 Å². The summed E-state index contributed by atoms with van der Waals surface area (Å²) in [6.45, 7) is 6.09. The summed E-state index contributed by atoms with van der Waals surface area (Å²) in [6, 6.07) is 4.91. The van der Waals surface area contributed by atoms with Crippen molar-refractivity contribution in [1.82, 2.24) is 0 Å². The third-order valence-electron chi connectivity index (χ3n) is 2.37. The Kier molecular flexibility index (Phi) is 3.64. The summed E-state index contributed by atoms with van der Waals surface area (Å²) in [7, 11) is 0. The van der Waals surface area contributed by atoms with Crippen molar-refractivity contribution in [3.63, 3.8) is 0 Å². The lowest BCUT2D eigenvalue weighted by molar-refractivity contribution is 0.487. The first-order valence-electron chi connectivity index (χ1n) is 5.03. The number of nitrogens with two attached hydrogens (primary N) is 1. The number of halogens is 1. The number of rotatable bonds is 3. The van der Waals surface area contributed by atoms with E-state index >= 15 is 0 Å².